The lowest BCUT2D eigenvalue weighted by Gasteiger charge is -2.30. The molecule has 4 heterocycles. The molecule has 1 fully saturated rings. The number of pyridine rings is 1. The first-order valence-corrected chi connectivity index (χ1v) is 13.0. The lowest BCUT2D eigenvalue weighted by molar-refractivity contribution is -0.137. The Morgan fingerprint density at radius 1 is 1.11 bits per heavy atom. The van der Waals surface area contributed by atoms with E-state index in [-0.39, 0.29) is 35.7 Å². The highest BCUT2D eigenvalue weighted by atomic mass is 35.5. The van der Waals surface area contributed by atoms with Crippen molar-refractivity contribution >= 4 is 64.8 Å². The number of amides is 4. The Morgan fingerprint density at radius 2 is 1.86 bits per heavy atom. The number of carbonyl (C=O) groups excluding carboxylic acids is 4. The molecule has 4 rings (SSSR count). The van der Waals surface area contributed by atoms with Crippen LogP contribution in [0.1, 0.15) is 39.6 Å². The first-order valence-electron chi connectivity index (χ1n) is 11.8. The molecule has 1 saturated heterocycles. The zero-order valence-corrected chi connectivity index (χ0v) is 22.7. The molecule has 2 aliphatic rings. The minimum absolute atomic E-state index is 0. The fourth-order valence-corrected chi connectivity index (χ4v) is 5.28. The molecule has 0 saturated carbocycles. The largest absolute Gasteiger partial charge is 0.345 e. The first kappa shape index (κ1) is 28.8. The molecule has 0 spiro atoms. The molecule has 37 heavy (non-hydrogen) atoms. The molecule has 0 aliphatic carbocycles. The van der Waals surface area contributed by atoms with Crippen LogP contribution in [-0.2, 0) is 27.3 Å². The van der Waals surface area contributed by atoms with E-state index in [1.54, 1.807) is 4.90 Å². The minimum atomic E-state index is -1.04. The fourth-order valence-electron chi connectivity index (χ4n) is 4.07. The highest BCUT2D eigenvalue weighted by Gasteiger charge is 2.30. The molecule has 0 aromatic carbocycles. The van der Waals surface area contributed by atoms with E-state index in [0.29, 0.717) is 18.1 Å². The Bertz CT molecular complexity index is 1140. The second kappa shape index (κ2) is 13.1. The molecule has 200 valence electrons. The summed E-state index contributed by atoms with van der Waals surface area (Å²) in [5.74, 6) is -2.52. The number of aromatic nitrogens is 2. The van der Waals surface area contributed by atoms with Crippen LogP contribution in [0.3, 0.4) is 0 Å². The van der Waals surface area contributed by atoms with Gasteiger partial charge in [0.25, 0.3) is 5.91 Å². The second-order valence-corrected chi connectivity index (χ2v) is 10.3. The molecule has 0 bridgehead atoms. The molecule has 1 unspecified atom stereocenters. The Balaban J connectivity index is 0.00000380. The van der Waals surface area contributed by atoms with Gasteiger partial charge in [0.05, 0.1) is 10.7 Å². The summed E-state index contributed by atoms with van der Waals surface area (Å²) < 4.78 is 0. The van der Waals surface area contributed by atoms with Gasteiger partial charge in [-0.2, -0.15) is 0 Å². The van der Waals surface area contributed by atoms with E-state index < -0.39 is 23.8 Å². The van der Waals surface area contributed by atoms with E-state index in [9.17, 15) is 19.2 Å². The van der Waals surface area contributed by atoms with Crippen LogP contribution in [0, 0.1) is 0 Å². The van der Waals surface area contributed by atoms with E-state index in [1.165, 1.54) is 29.7 Å². The number of anilines is 1. The number of halogens is 2. The smallest absolute Gasteiger partial charge is 0.314 e. The van der Waals surface area contributed by atoms with Crippen molar-refractivity contribution in [3.63, 3.8) is 0 Å². The predicted molar refractivity (Wildman–Crippen MR) is 142 cm³/mol. The third-order valence-electron chi connectivity index (χ3n) is 6.03. The van der Waals surface area contributed by atoms with Crippen molar-refractivity contribution in [1.29, 1.82) is 0 Å². The molecule has 0 radical (unpaired) electrons. The van der Waals surface area contributed by atoms with Gasteiger partial charge in [-0.25, -0.2) is 9.97 Å². The number of fused-ring (bicyclic) bond motifs is 1. The molecule has 2 aliphatic heterocycles. The van der Waals surface area contributed by atoms with Crippen LogP contribution >= 0.6 is 35.3 Å². The molecule has 14 heteroatoms. The highest BCUT2D eigenvalue weighted by molar-refractivity contribution is 7.13. The van der Waals surface area contributed by atoms with Crippen molar-refractivity contribution in [1.82, 2.24) is 30.4 Å². The van der Waals surface area contributed by atoms with E-state index in [2.05, 4.69) is 30.8 Å². The fraction of sp³-hybridized carbons (Fsp3) is 0.478. The van der Waals surface area contributed by atoms with Crippen molar-refractivity contribution < 1.29 is 19.2 Å². The summed E-state index contributed by atoms with van der Waals surface area (Å²) in [6.45, 7) is 2.52. The summed E-state index contributed by atoms with van der Waals surface area (Å²) in [6, 6.07) is 1.95. The number of nitrogens with zero attached hydrogens (tertiary/aromatic N) is 4. The minimum Gasteiger partial charge on any atom is -0.345 e. The number of thiazole rings is 1. The van der Waals surface area contributed by atoms with Crippen molar-refractivity contribution in [3.05, 3.63) is 38.9 Å². The van der Waals surface area contributed by atoms with Gasteiger partial charge in [-0.05, 0) is 38.4 Å². The van der Waals surface area contributed by atoms with Crippen molar-refractivity contribution in [2.45, 2.75) is 38.3 Å². The number of piperidine rings is 1. The van der Waals surface area contributed by atoms with Crippen LogP contribution in [0.2, 0.25) is 5.02 Å². The van der Waals surface area contributed by atoms with Crippen LogP contribution in [-0.4, -0.2) is 82.7 Å². The number of carbonyl (C=O) groups is 4. The summed E-state index contributed by atoms with van der Waals surface area (Å²) in [5, 5.41) is 8.23. The van der Waals surface area contributed by atoms with Gasteiger partial charge in [0.15, 0.2) is 5.01 Å². The van der Waals surface area contributed by atoms with Crippen LogP contribution < -0.4 is 16.0 Å². The van der Waals surface area contributed by atoms with Gasteiger partial charge in [-0.3, -0.25) is 19.2 Å². The normalized spacial score (nSPS) is 16.1. The van der Waals surface area contributed by atoms with Gasteiger partial charge in [0.2, 0.25) is 5.91 Å². The molecule has 2 aromatic rings. The number of hydrogen-bond acceptors (Lipinski definition) is 8. The Hall–Kier alpha value is -2.80. The maximum atomic E-state index is 13.2. The lowest BCUT2D eigenvalue weighted by Crippen LogP contribution is -2.55. The maximum absolute atomic E-state index is 13.2. The summed E-state index contributed by atoms with van der Waals surface area (Å²) in [7, 11) is 2.01. The van der Waals surface area contributed by atoms with Crippen molar-refractivity contribution in [2.75, 3.05) is 38.5 Å². The van der Waals surface area contributed by atoms with Gasteiger partial charge >= 0.3 is 11.8 Å². The summed E-state index contributed by atoms with van der Waals surface area (Å²) >= 11 is 7.09. The molecule has 4 amide bonds. The zero-order valence-electron chi connectivity index (χ0n) is 20.3. The first-order chi connectivity index (χ1) is 17.3. The van der Waals surface area contributed by atoms with Gasteiger partial charge < -0.3 is 25.8 Å². The van der Waals surface area contributed by atoms with Gasteiger partial charge in [-0.15, -0.1) is 23.7 Å². The topological polar surface area (TPSA) is 137 Å². The summed E-state index contributed by atoms with van der Waals surface area (Å²) in [5.41, 5.74) is 0.905. The Morgan fingerprint density at radius 3 is 2.57 bits per heavy atom. The second-order valence-electron chi connectivity index (χ2n) is 8.81. The van der Waals surface area contributed by atoms with Crippen molar-refractivity contribution in [3.8, 4) is 0 Å². The number of rotatable bonds is 6. The molecule has 11 nitrogen and oxygen atoms in total. The van der Waals surface area contributed by atoms with E-state index in [0.717, 1.165) is 49.3 Å². The molecular weight excluding hydrogens is 541 g/mol. The molecule has 2 aromatic heterocycles. The third-order valence-corrected chi connectivity index (χ3v) is 7.33. The Labute approximate surface area is 229 Å². The molecule has 3 N–H and O–H groups in total. The monoisotopic (exact) mass is 569 g/mol. The average molecular weight is 571 g/mol. The molecule has 1 atom stereocenters. The summed E-state index contributed by atoms with van der Waals surface area (Å²) in [6.07, 6.45) is 4.89. The molecular formula is C23H29Cl2N7O4S. The van der Waals surface area contributed by atoms with Crippen LogP contribution in [0.5, 0.6) is 0 Å². The van der Waals surface area contributed by atoms with Gasteiger partial charge in [0.1, 0.15) is 11.9 Å². The summed E-state index contributed by atoms with van der Waals surface area (Å²) in [4.78, 5) is 64.2. The van der Waals surface area contributed by atoms with E-state index >= 15 is 0 Å². The van der Waals surface area contributed by atoms with Gasteiger partial charge in [0, 0.05) is 50.2 Å². The maximum Gasteiger partial charge on any atom is 0.314 e. The Kier molecular flexibility index (Phi) is 10.2. The lowest BCUT2D eigenvalue weighted by atomic mass is 10.1. The van der Waals surface area contributed by atoms with E-state index in [1.807, 2.05) is 7.05 Å². The van der Waals surface area contributed by atoms with Crippen molar-refractivity contribution in [2.24, 2.45) is 0 Å². The highest BCUT2D eigenvalue weighted by Crippen LogP contribution is 2.24. The number of hydrogen-bond donors (Lipinski definition) is 3. The third kappa shape index (κ3) is 7.60. The van der Waals surface area contributed by atoms with Crippen LogP contribution in [0.25, 0.3) is 0 Å². The average Bonchev–Trinajstić information content (AvgIpc) is 3.31. The SMILES string of the molecule is CN1CCc2nc(C(=O)NC(CNC(=O)C(=O)Nc3ccc(Cl)cn3)C(=O)N3CCCCC3)sc2C1.Cl. The van der Waals surface area contributed by atoms with Crippen LogP contribution in [0.4, 0.5) is 5.82 Å². The van der Waals surface area contributed by atoms with Gasteiger partial charge in [-0.1, -0.05) is 11.6 Å². The number of nitrogens with one attached hydrogen (secondary N) is 3. The zero-order chi connectivity index (χ0) is 25.7. The number of likely N-dealkylation sites (tertiary alicyclic amines) is 1. The van der Waals surface area contributed by atoms with Crippen LogP contribution in [0.15, 0.2) is 18.3 Å². The number of likely N-dealkylation sites (N-methyl/N-ethyl adjacent to an activating group) is 1. The predicted octanol–water partition coefficient (Wildman–Crippen LogP) is 1.47. The quantitative estimate of drug-likeness (QED) is 0.448. The van der Waals surface area contributed by atoms with E-state index in [4.69, 9.17) is 11.6 Å². The standard InChI is InChI=1S/C23H28ClN7O4S.ClH/c1-30-10-7-15-17(13-30)36-22(28-15)21(34)27-16(23(35)31-8-3-2-4-9-31)12-26-19(32)20(33)29-18-6-5-14(24)11-25-18;/h5-6,11,16H,2-4,7-10,12-13H2,1H3,(H,26,32)(H,27,34)(H,25,29,33);1H.